The van der Waals surface area contributed by atoms with Gasteiger partial charge in [-0.15, -0.1) is 0 Å². The summed E-state index contributed by atoms with van der Waals surface area (Å²) >= 11 is 0. The van der Waals surface area contributed by atoms with E-state index >= 15 is 0 Å². The van der Waals surface area contributed by atoms with E-state index in [0.717, 1.165) is 0 Å². The summed E-state index contributed by atoms with van der Waals surface area (Å²) in [4.78, 5) is 0. The predicted octanol–water partition coefficient (Wildman–Crippen LogP) is 7.46. The topological polar surface area (TPSA) is 0 Å². The monoisotopic (exact) mass is 464 g/mol. The molecular formula is C33H40Si. The molecule has 0 N–H and O–H groups in total. The van der Waals surface area contributed by atoms with Crippen LogP contribution >= 0.6 is 0 Å². The molecule has 1 aliphatic rings. The minimum absolute atomic E-state index is 0.00219. The van der Waals surface area contributed by atoms with Gasteiger partial charge in [-0.1, -0.05) is 77.5 Å². The summed E-state index contributed by atoms with van der Waals surface area (Å²) in [6, 6.07) is 21.2. The lowest BCUT2D eigenvalue weighted by Gasteiger charge is -2.40. The van der Waals surface area contributed by atoms with Crippen molar-refractivity contribution in [1.82, 2.24) is 0 Å². The lowest BCUT2D eigenvalue weighted by molar-refractivity contribution is 0.901. The molecule has 34 heavy (non-hydrogen) atoms. The zero-order valence-electron chi connectivity index (χ0n) is 22.8. The average Bonchev–Trinajstić information content (AvgIpc) is 2.96. The van der Waals surface area contributed by atoms with Crippen LogP contribution in [-0.2, 0) is 0 Å². The summed E-state index contributed by atoms with van der Waals surface area (Å²) in [6.07, 6.45) is 0. The third-order valence-electron chi connectivity index (χ3n) is 9.00. The maximum atomic E-state index is 2.55. The van der Waals surface area contributed by atoms with Crippen molar-refractivity contribution < 1.29 is 0 Å². The van der Waals surface area contributed by atoms with Crippen molar-refractivity contribution in [1.29, 1.82) is 0 Å². The Kier molecular flexibility index (Phi) is 6.38. The molecule has 1 unspecified atom stereocenters. The van der Waals surface area contributed by atoms with E-state index in [1.165, 1.54) is 55.7 Å². The van der Waals surface area contributed by atoms with Crippen molar-refractivity contribution >= 4 is 24.7 Å². The molecule has 176 valence electrons. The first-order valence-electron chi connectivity index (χ1n) is 12.6. The Morgan fingerprint density at radius 1 is 0.559 bits per heavy atom. The number of aryl methyl sites for hydroxylation is 4. The van der Waals surface area contributed by atoms with Gasteiger partial charge in [0.2, 0.25) is 0 Å². The normalized spacial score (nSPS) is 18.4. The molecule has 0 saturated heterocycles. The van der Waals surface area contributed by atoms with Gasteiger partial charge >= 0.3 is 0 Å². The Labute approximate surface area is 209 Å². The summed E-state index contributed by atoms with van der Waals surface area (Å²) in [5.74, 6) is 0. The molecule has 3 aromatic carbocycles. The van der Waals surface area contributed by atoms with Gasteiger partial charge in [-0.25, -0.2) is 0 Å². The number of allylic oxidation sites excluding steroid dienone is 4. The fraction of sp³-hybridized carbons (Fsp3) is 0.333. The maximum Gasteiger partial charge on any atom is 0.117 e. The molecule has 0 aliphatic heterocycles. The minimum Gasteiger partial charge on any atom is -0.0622 e. The first-order valence-corrected chi connectivity index (χ1v) is 14.3. The highest BCUT2D eigenvalue weighted by Gasteiger charge is 2.47. The highest BCUT2D eigenvalue weighted by molar-refractivity contribution is 6.90. The Morgan fingerprint density at radius 2 is 0.971 bits per heavy atom. The maximum absolute atomic E-state index is 2.55. The Morgan fingerprint density at radius 3 is 1.38 bits per heavy atom. The molecule has 0 radical (unpaired) electrons. The third-order valence-corrected chi connectivity index (χ3v) is 12.9. The van der Waals surface area contributed by atoms with Crippen LogP contribution in [0.1, 0.15) is 66.6 Å². The lowest BCUT2D eigenvalue weighted by Crippen LogP contribution is -2.52. The first-order chi connectivity index (χ1) is 16.0. The van der Waals surface area contributed by atoms with Gasteiger partial charge in [-0.05, 0) is 118 Å². The Hall–Kier alpha value is -2.64. The van der Waals surface area contributed by atoms with Gasteiger partial charge in [0.1, 0.15) is 8.80 Å². The molecular weight excluding hydrogens is 424 g/mol. The molecule has 4 rings (SSSR count). The molecule has 0 bridgehead atoms. The minimum atomic E-state index is -1.75. The van der Waals surface area contributed by atoms with Crippen LogP contribution in [-0.4, -0.2) is 8.80 Å². The Balaban J connectivity index is 2.10. The van der Waals surface area contributed by atoms with Crippen molar-refractivity contribution in [2.24, 2.45) is 0 Å². The number of hydrogen-bond donors (Lipinski definition) is 0. The van der Waals surface area contributed by atoms with Gasteiger partial charge in [0.05, 0.1) is 0 Å². The molecule has 0 saturated carbocycles. The van der Waals surface area contributed by atoms with E-state index in [9.17, 15) is 0 Å². The van der Waals surface area contributed by atoms with Crippen LogP contribution in [0.4, 0.5) is 0 Å². The lowest BCUT2D eigenvalue weighted by atomic mass is 9.90. The summed E-state index contributed by atoms with van der Waals surface area (Å²) in [6.45, 7) is 23.3. The smallest absolute Gasteiger partial charge is 0.0622 e. The Bertz CT molecular complexity index is 1230. The summed E-state index contributed by atoms with van der Waals surface area (Å²) < 4.78 is 0. The summed E-state index contributed by atoms with van der Waals surface area (Å²) in [5.41, 5.74) is 15.9. The highest BCUT2D eigenvalue weighted by atomic mass is 28.3. The van der Waals surface area contributed by atoms with Crippen LogP contribution in [0, 0.1) is 41.5 Å². The quantitative estimate of drug-likeness (QED) is 0.351. The standard InChI is InChI=1S/C33H40Si/c1-20-16-30(17-21(2)24(20)5)34(31-18-22(3)25(6)23(4)19-31)33(10)28(9)26(7)27(8)32(33)29-14-12-11-13-15-29/h11-19,34H,1-10H3. The van der Waals surface area contributed by atoms with Crippen molar-refractivity contribution in [3.8, 4) is 0 Å². The van der Waals surface area contributed by atoms with Crippen molar-refractivity contribution in [2.75, 3.05) is 0 Å². The van der Waals surface area contributed by atoms with E-state index in [0.29, 0.717) is 0 Å². The van der Waals surface area contributed by atoms with Gasteiger partial charge in [-0.2, -0.15) is 0 Å². The highest BCUT2D eigenvalue weighted by Crippen LogP contribution is 2.58. The average molecular weight is 465 g/mol. The SMILES string of the molecule is CC1=C(C)C(C)([SiH](c2cc(C)c(C)c(C)c2)c2cc(C)c(C)c(C)c2)C(c2ccccc2)=C1C. The van der Waals surface area contributed by atoms with Crippen molar-refractivity contribution in [3.05, 3.63) is 110 Å². The fourth-order valence-electron chi connectivity index (χ4n) is 6.25. The van der Waals surface area contributed by atoms with Crippen molar-refractivity contribution in [2.45, 2.75) is 74.3 Å². The van der Waals surface area contributed by atoms with Crippen LogP contribution in [0.15, 0.2) is 71.3 Å². The van der Waals surface area contributed by atoms with E-state index < -0.39 is 8.80 Å². The van der Waals surface area contributed by atoms with Gasteiger partial charge in [-0.3, -0.25) is 0 Å². The zero-order chi connectivity index (χ0) is 24.9. The van der Waals surface area contributed by atoms with Gasteiger partial charge in [0.15, 0.2) is 0 Å². The van der Waals surface area contributed by atoms with Crippen LogP contribution in [0.25, 0.3) is 5.57 Å². The van der Waals surface area contributed by atoms with E-state index in [1.54, 1.807) is 15.9 Å². The van der Waals surface area contributed by atoms with E-state index in [2.05, 4.69) is 124 Å². The number of hydrogen-bond acceptors (Lipinski definition) is 0. The molecule has 0 amide bonds. The van der Waals surface area contributed by atoms with Gasteiger partial charge < -0.3 is 0 Å². The van der Waals surface area contributed by atoms with Crippen molar-refractivity contribution in [3.63, 3.8) is 0 Å². The second kappa shape index (κ2) is 8.85. The van der Waals surface area contributed by atoms with Gasteiger partial charge in [0.25, 0.3) is 0 Å². The second-order valence-electron chi connectivity index (χ2n) is 10.8. The molecule has 0 heterocycles. The van der Waals surface area contributed by atoms with E-state index in [4.69, 9.17) is 0 Å². The van der Waals surface area contributed by atoms with Crippen LogP contribution in [0.3, 0.4) is 0 Å². The fourth-order valence-corrected chi connectivity index (χ4v) is 11.0. The molecule has 1 aliphatic carbocycles. The van der Waals surface area contributed by atoms with Crippen LogP contribution in [0.5, 0.6) is 0 Å². The van der Waals surface area contributed by atoms with E-state index in [-0.39, 0.29) is 5.04 Å². The number of benzene rings is 3. The summed E-state index contributed by atoms with van der Waals surface area (Å²) in [5, 5.41) is 3.11. The van der Waals surface area contributed by atoms with Crippen LogP contribution < -0.4 is 10.4 Å². The molecule has 1 heteroatoms. The molecule has 1 atom stereocenters. The second-order valence-corrected chi connectivity index (χ2v) is 14.2. The third kappa shape index (κ3) is 3.75. The van der Waals surface area contributed by atoms with Gasteiger partial charge in [0, 0.05) is 5.04 Å². The molecule has 0 nitrogen and oxygen atoms in total. The zero-order valence-corrected chi connectivity index (χ0v) is 23.9. The molecule has 0 fully saturated rings. The van der Waals surface area contributed by atoms with E-state index in [1.807, 2.05) is 0 Å². The predicted molar refractivity (Wildman–Crippen MR) is 153 cm³/mol. The summed E-state index contributed by atoms with van der Waals surface area (Å²) in [7, 11) is -1.75. The number of rotatable bonds is 4. The molecule has 3 aromatic rings. The molecule has 0 spiro atoms. The largest absolute Gasteiger partial charge is 0.117 e. The molecule has 0 aromatic heterocycles. The first kappa shape index (κ1) is 24.5. The van der Waals surface area contributed by atoms with Crippen LogP contribution in [0.2, 0.25) is 5.04 Å².